The van der Waals surface area contributed by atoms with Crippen LogP contribution in [0.3, 0.4) is 0 Å². The van der Waals surface area contributed by atoms with Crippen molar-refractivity contribution in [2.75, 3.05) is 12.3 Å². The number of thiazole rings is 1. The van der Waals surface area contributed by atoms with Gasteiger partial charge in [0.05, 0.1) is 26.3 Å². The number of carbonyl (C=O) groups excluding carboxylic acids is 2. The van der Waals surface area contributed by atoms with Crippen molar-refractivity contribution in [3.8, 4) is 0 Å². The Morgan fingerprint density at radius 2 is 1.81 bits per heavy atom. The van der Waals surface area contributed by atoms with Gasteiger partial charge in [-0.3, -0.25) is 24.6 Å². The highest BCUT2D eigenvalue weighted by atomic mass is 32.2. The first-order valence-electron chi connectivity index (χ1n) is 7.67. The lowest BCUT2D eigenvalue weighted by Gasteiger charge is -2.12. The van der Waals surface area contributed by atoms with E-state index in [1.165, 1.54) is 40.1 Å². The zero-order valence-corrected chi connectivity index (χ0v) is 14.9. The van der Waals surface area contributed by atoms with Crippen LogP contribution in [0.15, 0.2) is 46.8 Å². The topological polar surface area (TPSA) is 93.4 Å². The number of nitro benzene ring substituents is 1. The summed E-state index contributed by atoms with van der Waals surface area (Å²) >= 11 is 2.78. The molecule has 3 aromatic rings. The lowest BCUT2D eigenvalue weighted by Crippen LogP contribution is -2.31. The molecule has 1 aromatic heterocycles. The Kier molecular flexibility index (Phi) is 4.17. The number of carbonyl (C=O) groups is 2. The molecule has 1 aliphatic heterocycles. The summed E-state index contributed by atoms with van der Waals surface area (Å²) in [5, 5.41) is 10.8. The normalized spacial score (nSPS) is 13.5. The van der Waals surface area contributed by atoms with Crippen LogP contribution < -0.4 is 0 Å². The second-order valence-electron chi connectivity index (χ2n) is 5.54. The number of non-ortho nitro benzene ring substituents is 1. The molecule has 1 aliphatic rings. The lowest BCUT2D eigenvalue weighted by atomic mass is 10.1. The predicted octanol–water partition coefficient (Wildman–Crippen LogP) is 3.59. The SMILES string of the molecule is O=C1c2ccccc2C(=O)N1CCSc1nc2ccc([N+](=O)[O-])cc2s1. The van der Waals surface area contributed by atoms with Gasteiger partial charge in [0.15, 0.2) is 4.34 Å². The van der Waals surface area contributed by atoms with Gasteiger partial charge >= 0.3 is 0 Å². The number of hydrogen-bond acceptors (Lipinski definition) is 7. The minimum atomic E-state index is -0.436. The van der Waals surface area contributed by atoms with Crippen LogP contribution in [0.5, 0.6) is 0 Å². The second-order valence-corrected chi connectivity index (χ2v) is 7.92. The number of amides is 2. The van der Waals surface area contributed by atoms with Gasteiger partial charge < -0.3 is 0 Å². The molecule has 0 unspecified atom stereocenters. The zero-order valence-electron chi connectivity index (χ0n) is 13.2. The summed E-state index contributed by atoms with van der Waals surface area (Å²) in [5.41, 5.74) is 1.61. The fraction of sp³-hybridized carbons (Fsp3) is 0.118. The average Bonchev–Trinajstić information content (AvgIpc) is 3.15. The highest BCUT2D eigenvalue weighted by Gasteiger charge is 2.34. The van der Waals surface area contributed by atoms with Crippen molar-refractivity contribution in [2.45, 2.75) is 4.34 Å². The molecule has 4 rings (SSSR count). The molecule has 0 radical (unpaired) electrons. The maximum atomic E-state index is 12.3. The molecule has 7 nitrogen and oxygen atoms in total. The van der Waals surface area contributed by atoms with Crippen molar-refractivity contribution in [2.24, 2.45) is 0 Å². The highest BCUT2D eigenvalue weighted by molar-refractivity contribution is 8.01. The van der Waals surface area contributed by atoms with Crippen molar-refractivity contribution < 1.29 is 14.5 Å². The Morgan fingerprint density at radius 1 is 1.12 bits per heavy atom. The van der Waals surface area contributed by atoms with Crippen LogP contribution in [0.4, 0.5) is 5.69 Å². The van der Waals surface area contributed by atoms with E-state index in [4.69, 9.17) is 0 Å². The molecule has 130 valence electrons. The van der Waals surface area contributed by atoms with Crippen molar-refractivity contribution >= 4 is 50.8 Å². The number of aromatic nitrogens is 1. The summed E-state index contributed by atoms with van der Waals surface area (Å²) in [6.45, 7) is 0.285. The number of fused-ring (bicyclic) bond motifs is 2. The first-order chi connectivity index (χ1) is 12.5. The average molecular weight is 385 g/mol. The number of hydrogen-bond donors (Lipinski definition) is 0. The zero-order chi connectivity index (χ0) is 18.3. The molecule has 0 bridgehead atoms. The maximum Gasteiger partial charge on any atom is 0.270 e. The summed E-state index contributed by atoms with van der Waals surface area (Å²) in [5.74, 6) is -0.0369. The molecule has 2 aromatic carbocycles. The van der Waals surface area contributed by atoms with Gasteiger partial charge in [-0.25, -0.2) is 4.98 Å². The van der Waals surface area contributed by atoms with E-state index < -0.39 is 4.92 Å². The van der Waals surface area contributed by atoms with Gasteiger partial charge in [-0.15, -0.1) is 11.3 Å². The first-order valence-corrected chi connectivity index (χ1v) is 9.48. The van der Waals surface area contributed by atoms with Gasteiger partial charge in [-0.05, 0) is 18.2 Å². The summed E-state index contributed by atoms with van der Waals surface area (Å²) in [4.78, 5) is 40.7. The molecule has 26 heavy (non-hydrogen) atoms. The molecule has 0 aliphatic carbocycles. The minimum Gasteiger partial charge on any atom is -0.273 e. The molecule has 0 atom stereocenters. The maximum absolute atomic E-state index is 12.3. The first kappa shape index (κ1) is 16.7. The number of imide groups is 1. The van der Waals surface area contributed by atoms with E-state index in [-0.39, 0.29) is 24.0 Å². The van der Waals surface area contributed by atoms with Crippen LogP contribution in [0.25, 0.3) is 10.2 Å². The molecule has 2 amide bonds. The molecule has 0 saturated heterocycles. The van der Waals surface area contributed by atoms with Gasteiger partial charge in [0.1, 0.15) is 0 Å². The van der Waals surface area contributed by atoms with E-state index in [0.717, 1.165) is 9.04 Å². The van der Waals surface area contributed by atoms with E-state index in [0.29, 0.717) is 22.4 Å². The molecular weight excluding hydrogens is 374 g/mol. The monoisotopic (exact) mass is 385 g/mol. The number of rotatable bonds is 5. The van der Waals surface area contributed by atoms with Gasteiger partial charge in [0, 0.05) is 24.4 Å². The Labute approximate surface area is 155 Å². The fourth-order valence-electron chi connectivity index (χ4n) is 2.73. The van der Waals surface area contributed by atoms with Crippen LogP contribution in [0, 0.1) is 10.1 Å². The standard InChI is InChI=1S/C17H11N3O4S2/c21-15-11-3-1-2-4-12(11)16(22)19(15)7-8-25-17-18-13-6-5-10(20(23)24)9-14(13)26-17/h1-6,9H,7-8H2. The summed E-state index contributed by atoms with van der Waals surface area (Å²) in [7, 11) is 0. The lowest BCUT2D eigenvalue weighted by molar-refractivity contribution is -0.384. The molecule has 0 saturated carbocycles. The number of nitrogens with zero attached hydrogens (tertiary/aromatic N) is 3. The van der Waals surface area contributed by atoms with Crippen molar-refractivity contribution in [3.05, 3.63) is 63.7 Å². The van der Waals surface area contributed by atoms with Crippen molar-refractivity contribution in [1.29, 1.82) is 0 Å². The van der Waals surface area contributed by atoms with Crippen molar-refractivity contribution in [1.82, 2.24) is 9.88 Å². The Morgan fingerprint density at radius 3 is 2.46 bits per heavy atom. The van der Waals surface area contributed by atoms with Gasteiger partial charge in [-0.2, -0.15) is 0 Å². The van der Waals surface area contributed by atoms with Crippen LogP contribution in [-0.4, -0.2) is 38.9 Å². The molecule has 2 heterocycles. The minimum absolute atomic E-state index is 0.0312. The Bertz CT molecular complexity index is 1030. The summed E-state index contributed by atoms with van der Waals surface area (Å²) in [6.07, 6.45) is 0. The van der Waals surface area contributed by atoms with E-state index in [1.54, 1.807) is 30.3 Å². The Balaban J connectivity index is 1.44. The quantitative estimate of drug-likeness (QED) is 0.288. The number of nitro groups is 1. The molecule has 9 heteroatoms. The van der Waals surface area contributed by atoms with Gasteiger partial charge in [0.25, 0.3) is 17.5 Å². The van der Waals surface area contributed by atoms with E-state index in [1.807, 2.05) is 0 Å². The highest BCUT2D eigenvalue weighted by Crippen LogP contribution is 2.32. The second kappa shape index (κ2) is 6.50. The number of thioether (sulfide) groups is 1. The predicted molar refractivity (Wildman–Crippen MR) is 98.8 cm³/mol. The van der Waals surface area contributed by atoms with Crippen LogP contribution in [-0.2, 0) is 0 Å². The fourth-order valence-corrected chi connectivity index (χ4v) is 4.83. The molecular formula is C17H11N3O4S2. The van der Waals surface area contributed by atoms with E-state index >= 15 is 0 Å². The van der Waals surface area contributed by atoms with Gasteiger partial charge in [-0.1, -0.05) is 23.9 Å². The largest absolute Gasteiger partial charge is 0.273 e. The Hall–Kier alpha value is -2.78. The van der Waals surface area contributed by atoms with Crippen LogP contribution in [0.1, 0.15) is 20.7 Å². The summed E-state index contributed by atoms with van der Waals surface area (Å²) < 4.78 is 1.49. The van der Waals surface area contributed by atoms with Gasteiger partial charge in [0.2, 0.25) is 0 Å². The molecule has 0 spiro atoms. The molecule has 0 N–H and O–H groups in total. The van der Waals surface area contributed by atoms with E-state index in [9.17, 15) is 19.7 Å². The van der Waals surface area contributed by atoms with Crippen molar-refractivity contribution in [3.63, 3.8) is 0 Å². The smallest absolute Gasteiger partial charge is 0.270 e. The third-order valence-electron chi connectivity index (χ3n) is 3.98. The third-order valence-corrected chi connectivity index (χ3v) is 6.12. The molecule has 0 fully saturated rings. The number of benzene rings is 2. The van der Waals surface area contributed by atoms with Crippen LogP contribution in [0.2, 0.25) is 0 Å². The van der Waals surface area contributed by atoms with E-state index in [2.05, 4.69) is 4.98 Å². The summed E-state index contributed by atoms with van der Waals surface area (Å²) in [6, 6.07) is 11.3. The third kappa shape index (κ3) is 2.85. The van der Waals surface area contributed by atoms with Crippen LogP contribution >= 0.6 is 23.1 Å².